The van der Waals surface area contributed by atoms with Crippen LogP contribution in [0.15, 0.2) is 53.2 Å². The predicted molar refractivity (Wildman–Crippen MR) is 104 cm³/mol. The van der Waals surface area contributed by atoms with Gasteiger partial charge in [0.05, 0.1) is 10.6 Å². The van der Waals surface area contributed by atoms with Crippen molar-refractivity contribution < 1.29 is 19.1 Å². The normalized spacial score (nSPS) is 14.9. The smallest absolute Gasteiger partial charge is 0.363 e. The Kier molecular flexibility index (Phi) is 5.94. The Balaban J connectivity index is 1.79. The van der Waals surface area contributed by atoms with Gasteiger partial charge in [-0.05, 0) is 48.4 Å². The summed E-state index contributed by atoms with van der Waals surface area (Å²) < 4.78 is 10.4. The summed E-state index contributed by atoms with van der Waals surface area (Å²) >= 11 is 12.0. The molecule has 0 aromatic heterocycles. The second-order valence-electron chi connectivity index (χ2n) is 5.75. The second-order valence-corrected chi connectivity index (χ2v) is 6.60. The highest BCUT2D eigenvalue weighted by molar-refractivity contribution is 6.37. The van der Waals surface area contributed by atoms with E-state index < -0.39 is 5.97 Å². The third kappa shape index (κ3) is 4.76. The van der Waals surface area contributed by atoms with E-state index in [1.165, 1.54) is 0 Å². The minimum Gasteiger partial charge on any atom is -0.427 e. The van der Waals surface area contributed by atoms with Crippen LogP contribution in [0.1, 0.15) is 30.9 Å². The van der Waals surface area contributed by atoms with Crippen molar-refractivity contribution in [3.8, 4) is 5.75 Å². The molecule has 138 valence electrons. The van der Waals surface area contributed by atoms with Gasteiger partial charge in [0.2, 0.25) is 5.90 Å². The molecule has 0 unspecified atom stereocenters. The number of halogens is 2. The Hall–Kier alpha value is -2.63. The number of cyclic esters (lactones) is 1. The van der Waals surface area contributed by atoms with Crippen LogP contribution in [0.5, 0.6) is 5.75 Å². The maximum Gasteiger partial charge on any atom is 0.363 e. The van der Waals surface area contributed by atoms with E-state index in [1.54, 1.807) is 48.5 Å². The molecule has 0 N–H and O–H groups in total. The van der Waals surface area contributed by atoms with Gasteiger partial charge < -0.3 is 9.47 Å². The minimum atomic E-state index is -0.575. The molecule has 0 fully saturated rings. The summed E-state index contributed by atoms with van der Waals surface area (Å²) in [5.74, 6) is -0.286. The minimum absolute atomic E-state index is 0.123. The Labute approximate surface area is 166 Å². The van der Waals surface area contributed by atoms with Gasteiger partial charge in [-0.25, -0.2) is 9.79 Å². The first-order valence-electron chi connectivity index (χ1n) is 8.25. The Bertz CT molecular complexity index is 949. The molecule has 1 heterocycles. The number of nitrogens with zero attached hydrogens (tertiary/aromatic N) is 1. The molecule has 0 atom stereocenters. The van der Waals surface area contributed by atoms with E-state index in [2.05, 4.69) is 4.99 Å². The van der Waals surface area contributed by atoms with Crippen molar-refractivity contribution in [3.63, 3.8) is 0 Å². The average Bonchev–Trinajstić information content (AvgIpc) is 2.97. The standard InChI is InChI=1S/C20H15Cl2NO4/c1-2-3-18(24)26-14-7-4-12(5-8-14)10-17-20(25)27-19(23-17)15-9-6-13(21)11-16(15)22/h4-11H,2-3H2,1H3/b17-10-. The van der Waals surface area contributed by atoms with Crippen LogP contribution in [-0.2, 0) is 14.3 Å². The number of benzene rings is 2. The summed E-state index contributed by atoms with van der Waals surface area (Å²) in [5.41, 5.74) is 1.34. The van der Waals surface area contributed by atoms with Crippen molar-refractivity contribution in [2.75, 3.05) is 0 Å². The van der Waals surface area contributed by atoms with Gasteiger partial charge in [0, 0.05) is 11.4 Å². The number of hydrogen-bond donors (Lipinski definition) is 0. The van der Waals surface area contributed by atoms with E-state index in [1.807, 2.05) is 6.92 Å². The second kappa shape index (κ2) is 8.37. The molecular weight excluding hydrogens is 389 g/mol. The van der Waals surface area contributed by atoms with Crippen LogP contribution in [0.4, 0.5) is 0 Å². The first kappa shape index (κ1) is 19.1. The number of rotatable bonds is 5. The third-order valence-electron chi connectivity index (χ3n) is 3.65. The molecule has 2 aromatic carbocycles. The Morgan fingerprint density at radius 2 is 1.93 bits per heavy atom. The van der Waals surface area contributed by atoms with Gasteiger partial charge in [-0.1, -0.05) is 42.3 Å². The van der Waals surface area contributed by atoms with Crippen molar-refractivity contribution in [3.05, 3.63) is 69.3 Å². The van der Waals surface area contributed by atoms with Crippen LogP contribution in [0.2, 0.25) is 10.0 Å². The van der Waals surface area contributed by atoms with Gasteiger partial charge >= 0.3 is 11.9 Å². The molecule has 0 radical (unpaired) electrons. The zero-order valence-corrected chi connectivity index (χ0v) is 15.9. The van der Waals surface area contributed by atoms with Crippen LogP contribution in [-0.4, -0.2) is 17.8 Å². The van der Waals surface area contributed by atoms with E-state index in [9.17, 15) is 9.59 Å². The molecule has 0 saturated carbocycles. The fourth-order valence-electron chi connectivity index (χ4n) is 2.36. The SMILES string of the molecule is CCCC(=O)Oc1ccc(/C=C2\N=C(c3ccc(Cl)cc3Cl)OC2=O)cc1. The van der Waals surface area contributed by atoms with E-state index in [0.29, 0.717) is 33.3 Å². The zero-order chi connectivity index (χ0) is 19.4. The summed E-state index contributed by atoms with van der Waals surface area (Å²) in [7, 11) is 0. The molecule has 0 saturated heterocycles. The molecule has 0 spiro atoms. The molecule has 0 aliphatic carbocycles. The lowest BCUT2D eigenvalue weighted by atomic mass is 10.2. The van der Waals surface area contributed by atoms with Crippen LogP contribution >= 0.6 is 23.2 Å². The molecule has 7 heteroatoms. The van der Waals surface area contributed by atoms with Crippen LogP contribution < -0.4 is 4.74 Å². The fourth-order valence-corrected chi connectivity index (χ4v) is 2.85. The first-order valence-corrected chi connectivity index (χ1v) is 9.00. The van der Waals surface area contributed by atoms with Crippen molar-refractivity contribution >= 4 is 47.1 Å². The molecule has 1 aliphatic heterocycles. The largest absolute Gasteiger partial charge is 0.427 e. The first-order chi connectivity index (χ1) is 13.0. The summed E-state index contributed by atoms with van der Waals surface area (Å²) in [6.07, 6.45) is 2.67. The summed E-state index contributed by atoms with van der Waals surface area (Å²) in [4.78, 5) is 27.8. The molecule has 1 aliphatic rings. The maximum absolute atomic E-state index is 12.1. The molecular formula is C20H15Cl2NO4. The summed E-state index contributed by atoms with van der Waals surface area (Å²) in [5, 5.41) is 0.817. The van der Waals surface area contributed by atoms with E-state index in [4.69, 9.17) is 32.7 Å². The third-order valence-corrected chi connectivity index (χ3v) is 4.20. The molecule has 27 heavy (non-hydrogen) atoms. The van der Waals surface area contributed by atoms with Crippen molar-refractivity contribution in [2.24, 2.45) is 4.99 Å². The lowest BCUT2D eigenvalue weighted by Crippen LogP contribution is -2.06. The quantitative estimate of drug-likeness (QED) is 0.398. The van der Waals surface area contributed by atoms with Gasteiger partial charge in [0.25, 0.3) is 0 Å². The van der Waals surface area contributed by atoms with Gasteiger partial charge in [-0.3, -0.25) is 4.79 Å². The maximum atomic E-state index is 12.1. The number of hydrogen-bond acceptors (Lipinski definition) is 5. The van der Waals surface area contributed by atoms with Crippen LogP contribution in [0.3, 0.4) is 0 Å². The average molecular weight is 404 g/mol. The number of esters is 2. The molecule has 0 amide bonds. The van der Waals surface area contributed by atoms with E-state index in [0.717, 1.165) is 6.42 Å². The summed E-state index contributed by atoms with van der Waals surface area (Å²) in [6.45, 7) is 1.91. The number of carbonyl (C=O) groups excluding carboxylic acids is 2. The lowest BCUT2D eigenvalue weighted by molar-refractivity contribution is -0.134. The Morgan fingerprint density at radius 1 is 1.19 bits per heavy atom. The number of aliphatic imine (C=N–C) groups is 1. The highest BCUT2D eigenvalue weighted by atomic mass is 35.5. The number of carbonyl (C=O) groups is 2. The van der Waals surface area contributed by atoms with E-state index in [-0.39, 0.29) is 17.6 Å². The van der Waals surface area contributed by atoms with Crippen molar-refractivity contribution in [2.45, 2.75) is 19.8 Å². The van der Waals surface area contributed by atoms with Crippen LogP contribution in [0, 0.1) is 0 Å². The monoisotopic (exact) mass is 403 g/mol. The van der Waals surface area contributed by atoms with Gasteiger partial charge in [0.1, 0.15) is 5.75 Å². The highest BCUT2D eigenvalue weighted by Gasteiger charge is 2.25. The van der Waals surface area contributed by atoms with Crippen LogP contribution in [0.25, 0.3) is 6.08 Å². The van der Waals surface area contributed by atoms with Gasteiger partial charge in [-0.2, -0.15) is 0 Å². The highest BCUT2D eigenvalue weighted by Crippen LogP contribution is 2.26. The molecule has 0 bridgehead atoms. The topological polar surface area (TPSA) is 65.0 Å². The zero-order valence-electron chi connectivity index (χ0n) is 14.4. The number of ether oxygens (including phenoxy) is 2. The van der Waals surface area contributed by atoms with Crippen molar-refractivity contribution in [1.82, 2.24) is 0 Å². The summed E-state index contributed by atoms with van der Waals surface area (Å²) in [6, 6.07) is 11.6. The fraction of sp³-hybridized carbons (Fsp3) is 0.150. The molecule has 3 rings (SSSR count). The van der Waals surface area contributed by atoms with Gasteiger partial charge in [-0.15, -0.1) is 0 Å². The molecule has 2 aromatic rings. The Morgan fingerprint density at radius 3 is 2.59 bits per heavy atom. The molecule has 5 nitrogen and oxygen atoms in total. The lowest BCUT2D eigenvalue weighted by Gasteiger charge is -2.03. The van der Waals surface area contributed by atoms with Gasteiger partial charge in [0.15, 0.2) is 5.70 Å². The van der Waals surface area contributed by atoms with E-state index >= 15 is 0 Å². The predicted octanol–water partition coefficient (Wildman–Crippen LogP) is 5.04. The van der Waals surface area contributed by atoms with Crippen molar-refractivity contribution in [1.29, 1.82) is 0 Å².